The van der Waals surface area contributed by atoms with Crippen LogP contribution in [0, 0.1) is 11.3 Å². The number of halogens is 1. The Labute approximate surface area is 180 Å². The van der Waals surface area contributed by atoms with E-state index in [1.54, 1.807) is 49.4 Å². The van der Waals surface area contributed by atoms with Crippen molar-refractivity contribution in [2.24, 2.45) is 0 Å². The highest BCUT2D eigenvalue weighted by atomic mass is 79.9. The predicted octanol–water partition coefficient (Wildman–Crippen LogP) is 3.42. The molecule has 1 saturated heterocycles. The Balaban J connectivity index is 1.96. The number of nitriles is 1. The summed E-state index contributed by atoms with van der Waals surface area (Å²) in [4.78, 5) is 38.4. The van der Waals surface area contributed by atoms with Crippen LogP contribution in [0.4, 0.5) is 10.5 Å². The van der Waals surface area contributed by atoms with Gasteiger partial charge in [0, 0.05) is 4.47 Å². The van der Waals surface area contributed by atoms with Gasteiger partial charge in [-0.05, 0) is 55.0 Å². The van der Waals surface area contributed by atoms with Crippen LogP contribution < -0.4 is 19.7 Å². The van der Waals surface area contributed by atoms with E-state index in [1.165, 1.54) is 6.08 Å². The minimum absolute atomic E-state index is 0.147. The van der Waals surface area contributed by atoms with Crippen LogP contribution in [0.3, 0.4) is 0 Å². The maximum absolute atomic E-state index is 12.9. The number of imide groups is 2. The third-order valence-electron chi connectivity index (χ3n) is 4.06. The van der Waals surface area contributed by atoms with E-state index in [1.807, 2.05) is 6.07 Å². The van der Waals surface area contributed by atoms with Crippen molar-refractivity contribution in [1.29, 1.82) is 5.26 Å². The molecular formula is C21H16BrN3O5. The van der Waals surface area contributed by atoms with E-state index < -0.39 is 17.8 Å². The summed E-state index contributed by atoms with van der Waals surface area (Å²) in [5.41, 5.74) is 0.617. The van der Waals surface area contributed by atoms with E-state index in [0.717, 1.165) is 9.37 Å². The lowest BCUT2D eigenvalue weighted by Crippen LogP contribution is -2.54. The molecule has 8 nitrogen and oxygen atoms in total. The molecule has 2 aromatic rings. The molecule has 152 valence electrons. The van der Waals surface area contributed by atoms with Crippen molar-refractivity contribution in [3.05, 3.63) is 58.1 Å². The van der Waals surface area contributed by atoms with Crippen LogP contribution in [-0.2, 0) is 9.59 Å². The average molecular weight is 470 g/mol. The van der Waals surface area contributed by atoms with Gasteiger partial charge in [-0.2, -0.15) is 5.26 Å². The third-order valence-corrected chi connectivity index (χ3v) is 4.59. The molecule has 0 bridgehead atoms. The molecule has 1 aliphatic heterocycles. The number of ether oxygens (including phenoxy) is 2. The lowest BCUT2D eigenvalue weighted by Gasteiger charge is -2.26. The van der Waals surface area contributed by atoms with Gasteiger partial charge in [0.15, 0.2) is 18.1 Å². The average Bonchev–Trinajstić information content (AvgIpc) is 2.72. The van der Waals surface area contributed by atoms with Crippen molar-refractivity contribution in [1.82, 2.24) is 5.32 Å². The fourth-order valence-corrected chi connectivity index (χ4v) is 3.03. The Morgan fingerprint density at radius 2 is 1.83 bits per heavy atom. The molecule has 1 heterocycles. The topological polar surface area (TPSA) is 109 Å². The first kappa shape index (κ1) is 21.1. The first-order chi connectivity index (χ1) is 14.4. The number of nitrogens with zero attached hydrogens (tertiary/aromatic N) is 2. The van der Waals surface area contributed by atoms with Gasteiger partial charge < -0.3 is 9.47 Å². The molecule has 30 heavy (non-hydrogen) atoms. The summed E-state index contributed by atoms with van der Waals surface area (Å²) in [5.74, 6) is -0.798. The highest BCUT2D eigenvalue weighted by Crippen LogP contribution is 2.30. The number of urea groups is 1. The maximum atomic E-state index is 12.9. The minimum Gasteiger partial charge on any atom is -0.490 e. The number of barbiturate groups is 1. The molecule has 9 heteroatoms. The molecular weight excluding hydrogens is 454 g/mol. The fraction of sp³-hybridized carbons (Fsp3) is 0.143. The first-order valence-corrected chi connectivity index (χ1v) is 9.67. The maximum Gasteiger partial charge on any atom is 0.335 e. The summed E-state index contributed by atoms with van der Waals surface area (Å²) in [7, 11) is 0. The van der Waals surface area contributed by atoms with E-state index in [2.05, 4.69) is 21.2 Å². The lowest BCUT2D eigenvalue weighted by atomic mass is 10.1. The molecule has 0 aliphatic carbocycles. The van der Waals surface area contributed by atoms with Crippen molar-refractivity contribution >= 4 is 45.5 Å². The monoisotopic (exact) mass is 469 g/mol. The second-order valence-corrected chi connectivity index (χ2v) is 6.94. The minimum atomic E-state index is -0.820. The number of anilines is 1. The van der Waals surface area contributed by atoms with Crippen molar-refractivity contribution in [2.75, 3.05) is 18.1 Å². The molecule has 0 saturated carbocycles. The van der Waals surface area contributed by atoms with Gasteiger partial charge in [0.05, 0.1) is 12.3 Å². The molecule has 0 radical (unpaired) electrons. The summed E-state index contributed by atoms with van der Waals surface area (Å²) in [6.45, 7) is 2.00. The van der Waals surface area contributed by atoms with Gasteiger partial charge >= 0.3 is 6.03 Å². The van der Waals surface area contributed by atoms with Crippen LogP contribution in [0.5, 0.6) is 11.5 Å². The van der Waals surface area contributed by atoms with Crippen LogP contribution in [0.2, 0.25) is 0 Å². The standard InChI is InChI=1S/C21H16BrN3O5/c1-2-29-18-12-13(3-8-17(18)30-10-9-23)11-16-19(26)24-21(28)25(20(16)27)15-6-4-14(22)5-7-15/h3-8,11-12H,2,10H2,1H3,(H,24,26,28)/b16-11+. The van der Waals surface area contributed by atoms with Gasteiger partial charge in [-0.1, -0.05) is 22.0 Å². The molecule has 1 fully saturated rings. The zero-order valence-corrected chi connectivity index (χ0v) is 17.4. The zero-order chi connectivity index (χ0) is 21.7. The van der Waals surface area contributed by atoms with Crippen molar-refractivity contribution in [3.8, 4) is 17.6 Å². The van der Waals surface area contributed by atoms with Crippen molar-refractivity contribution < 1.29 is 23.9 Å². The quantitative estimate of drug-likeness (QED) is 0.512. The molecule has 0 aromatic heterocycles. The van der Waals surface area contributed by atoms with Gasteiger partial charge in [-0.25, -0.2) is 9.69 Å². The Bertz CT molecular complexity index is 1070. The predicted molar refractivity (Wildman–Crippen MR) is 112 cm³/mol. The summed E-state index contributed by atoms with van der Waals surface area (Å²) in [6, 6.07) is 12.4. The van der Waals surface area contributed by atoms with Crippen LogP contribution in [0.25, 0.3) is 6.08 Å². The molecule has 0 unspecified atom stereocenters. The Morgan fingerprint density at radius 3 is 2.50 bits per heavy atom. The van der Waals surface area contributed by atoms with Crippen LogP contribution in [0.1, 0.15) is 12.5 Å². The third kappa shape index (κ3) is 4.50. The van der Waals surface area contributed by atoms with Gasteiger partial charge in [-0.3, -0.25) is 14.9 Å². The normalized spacial score (nSPS) is 15.0. The lowest BCUT2D eigenvalue weighted by molar-refractivity contribution is -0.122. The van der Waals surface area contributed by atoms with E-state index in [0.29, 0.717) is 29.4 Å². The second kappa shape index (κ2) is 9.24. The van der Waals surface area contributed by atoms with Crippen molar-refractivity contribution in [2.45, 2.75) is 6.92 Å². The van der Waals surface area contributed by atoms with Gasteiger partial charge in [0.1, 0.15) is 11.6 Å². The molecule has 4 amide bonds. The number of hydrogen-bond acceptors (Lipinski definition) is 6. The largest absolute Gasteiger partial charge is 0.490 e. The fourth-order valence-electron chi connectivity index (χ4n) is 2.76. The number of rotatable bonds is 6. The van der Waals surface area contributed by atoms with Crippen LogP contribution in [-0.4, -0.2) is 31.1 Å². The van der Waals surface area contributed by atoms with Crippen LogP contribution >= 0.6 is 15.9 Å². The summed E-state index contributed by atoms with van der Waals surface area (Å²) < 4.78 is 11.6. The highest BCUT2D eigenvalue weighted by molar-refractivity contribution is 9.10. The Kier molecular flexibility index (Phi) is 6.49. The molecule has 2 aromatic carbocycles. The SMILES string of the molecule is CCOc1cc(/C=C2\C(=O)NC(=O)N(c3ccc(Br)cc3)C2=O)ccc1OCC#N. The molecule has 3 rings (SSSR count). The van der Waals surface area contributed by atoms with E-state index in [-0.39, 0.29) is 12.2 Å². The molecule has 0 spiro atoms. The number of benzene rings is 2. The number of carbonyl (C=O) groups is 3. The number of nitrogens with one attached hydrogen (secondary N) is 1. The van der Waals surface area contributed by atoms with Crippen molar-refractivity contribution in [3.63, 3.8) is 0 Å². The first-order valence-electron chi connectivity index (χ1n) is 8.88. The molecule has 1 aliphatic rings. The second-order valence-electron chi connectivity index (χ2n) is 6.02. The number of amides is 4. The Hall–Kier alpha value is -3.64. The van der Waals surface area contributed by atoms with Gasteiger partial charge in [0.25, 0.3) is 11.8 Å². The number of hydrogen-bond donors (Lipinski definition) is 1. The van der Waals surface area contributed by atoms with E-state index in [9.17, 15) is 14.4 Å². The Morgan fingerprint density at radius 1 is 1.10 bits per heavy atom. The smallest absolute Gasteiger partial charge is 0.335 e. The zero-order valence-electron chi connectivity index (χ0n) is 15.8. The van der Waals surface area contributed by atoms with E-state index >= 15 is 0 Å². The van der Waals surface area contributed by atoms with Gasteiger partial charge in [0.2, 0.25) is 0 Å². The summed E-state index contributed by atoms with van der Waals surface area (Å²) in [6.07, 6.45) is 1.37. The molecule has 0 atom stereocenters. The highest BCUT2D eigenvalue weighted by Gasteiger charge is 2.36. The van der Waals surface area contributed by atoms with Gasteiger partial charge in [-0.15, -0.1) is 0 Å². The summed E-state index contributed by atoms with van der Waals surface area (Å²) >= 11 is 3.30. The summed E-state index contributed by atoms with van der Waals surface area (Å²) in [5, 5.41) is 10.9. The molecule has 1 N–H and O–H groups in total. The van der Waals surface area contributed by atoms with Crippen LogP contribution in [0.15, 0.2) is 52.5 Å². The van der Waals surface area contributed by atoms with E-state index in [4.69, 9.17) is 14.7 Å². The number of carbonyl (C=O) groups excluding carboxylic acids is 3.